The molecule has 0 aliphatic heterocycles. The van der Waals surface area contributed by atoms with Crippen LogP contribution in [0.2, 0.25) is 0 Å². The summed E-state index contributed by atoms with van der Waals surface area (Å²) in [7, 11) is 0. The van der Waals surface area contributed by atoms with Gasteiger partial charge in [0.15, 0.2) is 0 Å². The van der Waals surface area contributed by atoms with Gasteiger partial charge in [0.2, 0.25) is 0 Å². The molecule has 2 saturated carbocycles. The first-order valence-corrected chi connectivity index (χ1v) is 9.90. The van der Waals surface area contributed by atoms with Crippen molar-refractivity contribution in [2.24, 2.45) is 40.9 Å². The van der Waals surface area contributed by atoms with Crippen molar-refractivity contribution in [2.45, 2.75) is 92.9 Å². The highest BCUT2D eigenvalue weighted by molar-refractivity contribution is 4.93. The van der Waals surface area contributed by atoms with Crippen molar-refractivity contribution >= 4 is 0 Å². The van der Waals surface area contributed by atoms with Crippen LogP contribution in [0.4, 0.5) is 0 Å². The summed E-state index contributed by atoms with van der Waals surface area (Å²) >= 11 is 0. The van der Waals surface area contributed by atoms with E-state index in [2.05, 4.69) is 41.5 Å². The lowest BCUT2D eigenvalue weighted by molar-refractivity contribution is -0.00490. The van der Waals surface area contributed by atoms with Crippen molar-refractivity contribution in [3.63, 3.8) is 0 Å². The quantitative estimate of drug-likeness (QED) is 0.526. The lowest BCUT2D eigenvalue weighted by Gasteiger charge is -2.50. The predicted octanol–water partition coefficient (Wildman–Crippen LogP) is 6.94. The van der Waals surface area contributed by atoms with E-state index in [1.165, 1.54) is 51.4 Å². The highest BCUT2D eigenvalue weighted by atomic mass is 14.5. The van der Waals surface area contributed by atoms with Crippen LogP contribution in [0.25, 0.3) is 0 Å². The van der Waals surface area contributed by atoms with Crippen LogP contribution in [0.1, 0.15) is 92.9 Å². The number of hydrogen-bond acceptors (Lipinski definition) is 0. The van der Waals surface area contributed by atoms with E-state index in [0.29, 0.717) is 5.41 Å². The fourth-order valence-corrected chi connectivity index (χ4v) is 5.66. The summed E-state index contributed by atoms with van der Waals surface area (Å²) in [6.45, 7) is 15.1. The lowest BCUT2D eigenvalue weighted by Crippen LogP contribution is -2.41. The molecule has 0 N–H and O–H groups in total. The van der Waals surface area contributed by atoms with Crippen LogP contribution < -0.4 is 0 Å². The molecule has 2 aliphatic rings. The fourth-order valence-electron chi connectivity index (χ4n) is 5.66. The lowest BCUT2D eigenvalue weighted by atomic mass is 9.55. The van der Waals surface area contributed by atoms with Crippen molar-refractivity contribution < 1.29 is 0 Å². The minimum atomic E-state index is 0.571. The molecule has 0 aromatic rings. The van der Waals surface area contributed by atoms with Gasteiger partial charge in [0.05, 0.1) is 0 Å². The molecular formula is C21H40. The van der Waals surface area contributed by atoms with E-state index < -0.39 is 0 Å². The maximum absolute atomic E-state index is 2.62. The summed E-state index contributed by atoms with van der Waals surface area (Å²) in [6.07, 6.45) is 11.7. The maximum Gasteiger partial charge on any atom is -0.0297 e. The molecule has 21 heavy (non-hydrogen) atoms. The second kappa shape index (κ2) is 7.05. The van der Waals surface area contributed by atoms with Crippen LogP contribution in [-0.4, -0.2) is 0 Å². The molecule has 0 bridgehead atoms. The third kappa shape index (κ3) is 3.67. The molecule has 2 unspecified atom stereocenters. The molecule has 2 atom stereocenters. The summed E-state index contributed by atoms with van der Waals surface area (Å²) in [5.41, 5.74) is 0.571. The van der Waals surface area contributed by atoms with Gasteiger partial charge in [0, 0.05) is 0 Å². The minimum Gasteiger partial charge on any atom is -0.0651 e. The largest absolute Gasteiger partial charge is 0.0651 e. The topological polar surface area (TPSA) is 0 Å². The van der Waals surface area contributed by atoms with Gasteiger partial charge in [-0.25, -0.2) is 0 Å². The third-order valence-electron chi connectivity index (χ3n) is 7.83. The van der Waals surface area contributed by atoms with Crippen LogP contribution in [0.5, 0.6) is 0 Å². The standard InChI is InChI=1S/C21H40/c1-7-17-13-20(14-18(8-2)16(17)4)21(5,6)19-11-9-15(3)10-12-19/h15-20H,7-14H2,1-6H3. The SMILES string of the molecule is CCC1CC(C(C)(C)C2CCC(C)CC2)CC(CC)C1C. The first-order valence-electron chi connectivity index (χ1n) is 9.90. The molecule has 0 amide bonds. The van der Waals surface area contributed by atoms with Crippen LogP contribution >= 0.6 is 0 Å². The summed E-state index contributed by atoms with van der Waals surface area (Å²) in [4.78, 5) is 0. The highest BCUT2D eigenvalue weighted by Gasteiger charge is 2.44. The van der Waals surface area contributed by atoms with Crippen LogP contribution in [-0.2, 0) is 0 Å². The van der Waals surface area contributed by atoms with Crippen molar-refractivity contribution in [1.29, 1.82) is 0 Å². The van der Waals surface area contributed by atoms with E-state index in [1.807, 2.05) is 0 Å². The Balaban J connectivity index is 2.07. The Morgan fingerprint density at radius 2 is 1.24 bits per heavy atom. The molecular weight excluding hydrogens is 252 g/mol. The van der Waals surface area contributed by atoms with Gasteiger partial charge in [-0.2, -0.15) is 0 Å². The van der Waals surface area contributed by atoms with E-state index in [4.69, 9.17) is 0 Å². The molecule has 0 radical (unpaired) electrons. The molecule has 0 aromatic carbocycles. The van der Waals surface area contributed by atoms with E-state index in [-0.39, 0.29) is 0 Å². The normalized spacial score (nSPS) is 42.0. The summed E-state index contributed by atoms with van der Waals surface area (Å²) in [5.74, 6) is 5.86. The van der Waals surface area contributed by atoms with Crippen molar-refractivity contribution in [2.75, 3.05) is 0 Å². The van der Waals surface area contributed by atoms with Gasteiger partial charge in [-0.3, -0.25) is 0 Å². The van der Waals surface area contributed by atoms with E-state index >= 15 is 0 Å². The molecule has 0 spiro atoms. The van der Waals surface area contributed by atoms with Gasteiger partial charge in [-0.1, -0.05) is 67.2 Å². The average molecular weight is 293 g/mol. The molecule has 0 heterocycles. The summed E-state index contributed by atoms with van der Waals surface area (Å²) in [5, 5.41) is 0. The third-order valence-corrected chi connectivity index (χ3v) is 7.83. The molecule has 0 nitrogen and oxygen atoms in total. The Bertz CT molecular complexity index is 294. The van der Waals surface area contributed by atoms with Crippen LogP contribution in [0.3, 0.4) is 0 Å². The predicted molar refractivity (Wildman–Crippen MR) is 94.4 cm³/mol. The molecule has 0 aromatic heterocycles. The Kier molecular flexibility index (Phi) is 5.83. The van der Waals surface area contributed by atoms with Crippen molar-refractivity contribution in [1.82, 2.24) is 0 Å². The zero-order valence-electron chi connectivity index (χ0n) is 15.6. The minimum absolute atomic E-state index is 0.571. The van der Waals surface area contributed by atoms with Gasteiger partial charge < -0.3 is 0 Å². The van der Waals surface area contributed by atoms with Gasteiger partial charge in [-0.05, 0) is 66.6 Å². The van der Waals surface area contributed by atoms with E-state index in [9.17, 15) is 0 Å². The van der Waals surface area contributed by atoms with E-state index in [1.54, 1.807) is 0 Å². The molecule has 2 fully saturated rings. The number of hydrogen-bond donors (Lipinski definition) is 0. The van der Waals surface area contributed by atoms with E-state index in [0.717, 1.165) is 35.5 Å². The molecule has 2 aliphatic carbocycles. The Morgan fingerprint density at radius 1 is 0.762 bits per heavy atom. The monoisotopic (exact) mass is 292 g/mol. The highest BCUT2D eigenvalue weighted by Crippen LogP contribution is 2.53. The average Bonchev–Trinajstić information content (AvgIpc) is 2.47. The zero-order valence-corrected chi connectivity index (χ0v) is 15.6. The fraction of sp³-hybridized carbons (Fsp3) is 1.00. The Hall–Kier alpha value is 0. The molecule has 124 valence electrons. The first-order chi connectivity index (χ1) is 9.90. The smallest absolute Gasteiger partial charge is 0.0297 e. The first kappa shape index (κ1) is 17.4. The maximum atomic E-state index is 2.62. The Labute approximate surface area is 134 Å². The summed E-state index contributed by atoms with van der Waals surface area (Å²) in [6, 6.07) is 0. The molecule has 0 heteroatoms. The number of rotatable bonds is 4. The second-order valence-corrected chi connectivity index (χ2v) is 9.14. The van der Waals surface area contributed by atoms with Crippen LogP contribution in [0.15, 0.2) is 0 Å². The van der Waals surface area contributed by atoms with Gasteiger partial charge >= 0.3 is 0 Å². The van der Waals surface area contributed by atoms with Gasteiger partial charge in [0.25, 0.3) is 0 Å². The van der Waals surface area contributed by atoms with Crippen LogP contribution in [0, 0.1) is 40.9 Å². The summed E-state index contributed by atoms with van der Waals surface area (Å²) < 4.78 is 0. The Morgan fingerprint density at radius 3 is 1.67 bits per heavy atom. The van der Waals surface area contributed by atoms with Gasteiger partial charge in [0.1, 0.15) is 0 Å². The van der Waals surface area contributed by atoms with Crippen molar-refractivity contribution in [3.05, 3.63) is 0 Å². The zero-order chi connectivity index (χ0) is 15.6. The van der Waals surface area contributed by atoms with Gasteiger partial charge in [-0.15, -0.1) is 0 Å². The molecule has 0 saturated heterocycles. The second-order valence-electron chi connectivity index (χ2n) is 9.14. The van der Waals surface area contributed by atoms with Crippen molar-refractivity contribution in [3.8, 4) is 0 Å². The molecule has 2 rings (SSSR count).